The van der Waals surface area contributed by atoms with E-state index in [0.717, 1.165) is 5.56 Å². The van der Waals surface area contributed by atoms with E-state index in [2.05, 4.69) is 13.8 Å². The molecule has 2 atom stereocenters. The zero-order valence-corrected chi connectivity index (χ0v) is 10.1. The predicted octanol–water partition coefficient (Wildman–Crippen LogP) is 2.05. The maximum absolute atomic E-state index is 10.8. The average molecular weight is 236 g/mol. The van der Waals surface area contributed by atoms with Gasteiger partial charge < -0.3 is 10.5 Å². The molecule has 5 nitrogen and oxygen atoms in total. The molecule has 1 fully saturated rings. The number of hydrogen-bond donors (Lipinski definition) is 1. The van der Waals surface area contributed by atoms with Gasteiger partial charge in [-0.3, -0.25) is 10.1 Å². The number of rotatable bonds is 3. The van der Waals surface area contributed by atoms with Gasteiger partial charge in [-0.05, 0) is 11.5 Å². The molecule has 0 amide bonds. The minimum absolute atomic E-state index is 0.0253. The lowest BCUT2D eigenvalue weighted by molar-refractivity contribution is -0.384. The zero-order chi connectivity index (χ0) is 12.8. The van der Waals surface area contributed by atoms with Crippen molar-refractivity contribution in [1.82, 2.24) is 0 Å². The predicted molar refractivity (Wildman–Crippen MR) is 64.1 cm³/mol. The van der Waals surface area contributed by atoms with E-state index in [1.165, 1.54) is 6.07 Å². The van der Waals surface area contributed by atoms with Crippen LogP contribution in [0.1, 0.15) is 25.3 Å². The molecule has 1 aliphatic carbocycles. The molecule has 0 bridgehead atoms. The Labute approximate surface area is 99.7 Å². The molecule has 1 aromatic rings. The number of nitro groups is 1. The molecule has 5 heteroatoms. The van der Waals surface area contributed by atoms with Crippen LogP contribution >= 0.6 is 0 Å². The number of nitrogens with two attached hydrogens (primary N) is 1. The molecular formula is C12H16N2O3. The van der Waals surface area contributed by atoms with E-state index in [0.29, 0.717) is 5.75 Å². The normalized spacial score (nSPS) is 25.4. The lowest BCUT2D eigenvalue weighted by Gasteiger charge is -2.09. The Balaban J connectivity index is 2.45. The SMILES string of the molecule is COc1ccc([N+](=O)[O-])cc1[C@H]1[C@H](N)C1(C)C. The highest BCUT2D eigenvalue weighted by molar-refractivity contribution is 5.50. The van der Waals surface area contributed by atoms with Crippen LogP contribution in [0.15, 0.2) is 18.2 Å². The summed E-state index contributed by atoms with van der Waals surface area (Å²) in [6.45, 7) is 4.11. The van der Waals surface area contributed by atoms with Crippen molar-refractivity contribution in [2.45, 2.75) is 25.8 Å². The fourth-order valence-corrected chi connectivity index (χ4v) is 2.35. The van der Waals surface area contributed by atoms with Crippen LogP contribution in [0.4, 0.5) is 5.69 Å². The Kier molecular flexibility index (Phi) is 2.58. The quantitative estimate of drug-likeness (QED) is 0.643. The summed E-state index contributed by atoms with van der Waals surface area (Å²) in [5.74, 6) is 0.791. The first-order valence-electron chi connectivity index (χ1n) is 5.47. The molecule has 92 valence electrons. The summed E-state index contributed by atoms with van der Waals surface area (Å²) in [5.41, 5.74) is 6.89. The first kappa shape index (κ1) is 11.9. The van der Waals surface area contributed by atoms with Gasteiger partial charge in [-0.1, -0.05) is 13.8 Å². The van der Waals surface area contributed by atoms with E-state index in [-0.39, 0.29) is 23.1 Å². The van der Waals surface area contributed by atoms with Crippen molar-refractivity contribution < 1.29 is 9.66 Å². The number of nitro benzene ring substituents is 1. The van der Waals surface area contributed by atoms with Gasteiger partial charge in [0, 0.05) is 29.7 Å². The molecule has 0 aliphatic heterocycles. The Morgan fingerprint density at radius 2 is 2.06 bits per heavy atom. The van der Waals surface area contributed by atoms with E-state index < -0.39 is 4.92 Å². The number of benzene rings is 1. The van der Waals surface area contributed by atoms with E-state index in [9.17, 15) is 10.1 Å². The summed E-state index contributed by atoms with van der Waals surface area (Å²) in [5, 5.41) is 10.8. The second-order valence-corrected chi connectivity index (χ2v) is 5.01. The van der Waals surface area contributed by atoms with E-state index in [4.69, 9.17) is 10.5 Å². The summed E-state index contributed by atoms with van der Waals surface area (Å²) in [4.78, 5) is 10.4. The van der Waals surface area contributed by atoms with E-state index in [1.54, 1.807) is 19.2 Å². The van der Waals surface area contributed by atoms with Crippen molar-refractivity contribution in [3.05, 3.63) is 33.9 Å². The van der Waals surface area contributed by atoms with E-state index in [1.807, 2.05) is 0 Å². The minimum Gasteiger partial charge on any atom is -0.496 e. The first-order valence-corrected chi connectivity index (χ1v) is 5.47. The summed E-state index contributed by atoms with van der Waals surface area (Å²) in [7, 11) is 1.56. The van der Waals surface area contributed by atoms with Gasteiger partial charge in [0.15, 0.2) is 0 Å². The van der Waals surface area contributed by atoms with Gasteiger partial charge >= 0.3 is 0 Å². The van der Waals surface area contributed by atoms with Crippen LogP contribution < -0.4 is 10.5 Å². The standard InChI is InChI=1S/C12H16N2O3/c1-12(2)10(11(12)13)8-6-7(14(15)16)4-5-9(8)17-3/h4-6,10-11H,13H2,1-3H3/t10-,11-/m0/s1. The molecule has 17 heavy (non-hydrogen) atoms. The topological polar surface area (TPSA) is 78.4 Å². The number of ether oxygens (including phenoxy) is 1. The van der Waals surface area contributed by atoms with E-state index >= 15 is 0 Å². The number of non-ortho nitro benzene ring substituents is 1. The number of methoxy groups -OCH3 is 1. The Hall–Kier alpha value is -1.62. The monoisotopic (exact) mass is 236 g/mol. The van der Waals surface area contributed by atoms with Crippen molar-refractivity contribution in [1.29, 1.82) is 0 Å². The van der Waals surface area contributed by atoms with Gasteiger partial charge in [-0.25, -0.2) is 0 Å². The number of hydrogen-bond acceptors (Lipinski definition) is 4. The molecule has 2 rings (SSSR count). The van der Waals surface area contributed by atoms with Gasteiger partial charge in [0.05, 0.1) is 12.0 Å². The smallest absolute Gasteiger partial charge is 0.269 e. The first-order chi connectivity index (χ1) is 7.89. The highest BCUT2D eigenvalue weighted by Crippen LogP contribution is 2.59. The summed E-state index contributed by atoms with van der Waals surface area (Å²) in [6.07, 6.45) is 0. The fourth-order valence-electron chi connectivity index (χ4n) is 2.35. The van der Waals surface area contributed by atoms with Crippen molar-refractivity contribution in [3.8, 4) is 5.75 Å². The molecule has 0 unspecified atom stereocenters. The number of nitrogens with zero attached hydrogens (tertiary/aromatic N) is 1. The average Bonchev–Trinajstić information content (AvgIpc) is 2.77. The van der Waals surface area contributed by atoms with Crippen molar-refractivity contribution in [2.75, 3.05) is 7.11 Å². The minimum atomic E-state index is -0.399. The van der Waals surface area contributed by atoms with Crippen LogP contribution in [0.3, 0.4) is 0 Å². The summed E-state index contributed by atoms with van der Waals surface area (Å²) in [6, 6.07) is 4.68. The lowest BCUT2D eigenvalue weighted by Crippen LogP contribution is -2.06. The maximum Gasteiger partial charge on any atom is 0.269 e. The van der Waals surface area contributed by atoms with Crippen LogP contribution in [-0.2, 0) is 0 Å². The van der Waals surface area contributed by atoms with Gasteiger partial charge in [-0.15, -0.1) is 0 Å². The van der Waals surface area contributed by atoms with Crippen molar-refractivity contribution in [3.63, 3.8) is 0 Å². The zero-order valence-electron chi connectivity index (χ0n) is 10.1. The van der Waals surface area contributed by atoms with Crippen molar-refractivity contribution in [2.24, 2.45) is 11.1 Å². The van der Waals surface area contributed by atoms with Crippen LogP contribution in [0.25, 0.3) is 0 Å². The molecular weight excluding hydrogens is 220 g/mol. The van der Waals surface area contributed by atoms with Crippen LogP contribution in [0.5, 0.6) is 5.75 Å². The Morgan fingerprint density at radius 3 is 2.47 bits per heavy atom. The Bertz CT molecular complexity index is 471. The van der Waals surface area contributed by atoms with Crippen LogP contribution in [-0.4, -0.2) is 18.1 Å². The second kappa shape index (κ2) is 3.70. The highest BCUT2D eigenvalue weighted by atomic mass is 16.6. The fraction of sp³-hybridized carbons (Fsp3) is 0.500. The van der Waals surface area contributed by atoms with Gasteiger partial charge in [-0.2, -0.15) is 0 Å². The molecule has 0 aromatic heterocycles. The third-order valence-corrected chi connectivity index (χ3v) is 3.67. The van der Waals surface area contributed by atoms with Gasteiger partial charge in [0.1, 0.15) is 5.75 Å². The molecule has 0 heterocycles. The van der Waals surface area contributed by atoms with Crippen LogP contribution in [0.2, 0.25) is 0 Å². The molecule has 0 saturated heterocycles. The van der Waals surface area contributed by atoms with Crippen molar-refractivity contribution >= 4 is 5.69 Å². The third kappa shape index (κ3) is 1.76. The summed E-state index contributed by atoms with van der Waals surface area (Å²) >= 11 is 0. The molecule has 2 N–H and O–H groups in total. The molecule has 1 aromatic carbocycles. The van der Waals surface area contributed by atoms with Gasteiger partial charge in [0.2, 0.25) is 0 Å². The largest absolute Gasteiger partial charge is 0.496 e. The maximum atomic E-state index is 10.8. The highest BCUT2D eigenvalue weighted by Gasteiger charge is 2.57. The molecule has 1 aliphatic rings. The molecule has 0 spiro atoms. The summed E-state index contributed by atoms with van der Waals surface area (Å²) < 4.78 is 5.24. The molecule has 1 saturated carbocycles. The van der Waals surface area contributed by atoms with Gasteiger partial charge in [0.25, 0.3) is 5.69 Å². The third-order valence-electron chi connectivity index (χ3n) is 3.67. The second-order valence-electron chi connectivity index (χ2n) is 5.01. The lowest BCUT2D eigenvalue weighted by atomic mass is 10.0. The molecule has 0 radical (unpaired) electrons. The Morgan fingerprint density at radius 1 is 1.47 bits per heavy atom. The van der Waals surface area contributed by atoms with Crippen LogP contribution in [0, 0.1) is 15.5 Å².